The molecule has 14 heteroatoms. The minimum Gasteiger partial charge on any atom is -0.457 e. The third kappa shape index (κ3) is 22.9. The molecule has 2 rings (SSSR count). The first-order chi connectivity index (χ1) is 29.1. The van der Waals surface area contributed by atoms with Gasteiger partial charge in [0.05, 0.1) is 26.4 Å². The molecule has 11 atom stereocenters. The lowest BCUT2D eigenvalue weighted by Gasteiger charge is -2.42. The Labute approximate surface area is 359 Å². The lowest BCUT2D eigenvalue weighted by Crippen LogP contribution is -2.61. The number of carbonyl (C=O) groups excluding carboxylic acids is 1. The molecule has 0 aliphatic carbocycles. The quantitative estimate of drug-likeness (QED) is 0.0251. The highest BCUT2D eigenvalue weighted by atomic mass is 16.7. The van der Waals surface area contributed by atoms with Crippen LogP contribution in [0.15, 0.2) is 48.6 Å². The van der Waals surface area contributed by atoms with Crippen LogP contribution in [-0.4, -0.2) is 142 Å². The SMILES string of the molecule is CC/C=C\C/C=C\C/C=C\CCCCCC(=O)OC(COCCCCCCCC/C=C\CCCCC)COC1OC(COC2OC(CO)C(O)C(O)C2O)C(O)C(O)C1O. The van der Waals surface area contributed by atoms with Crippen LogP contribution in [0.2, 0.25) is 0 Å². The van der Waals surface area contributed by atoms with Crippen molar-refractivity contribution < 1.29 is 69.0 Å². The first-order valence-corrected chi connectivity index (χ1v) is 22.7. The maximum absolute atomic E-state index is 12.9. The number of aliphatic hydroxyl groups excluding tert-OH is 7. The molecule has 0 radical (unpaired) electrons. The number of aliphatic hydroxyl groups is 7. The molecule has 0 aromatic carbocycles. The Balaban J connectivity index is 1.84. The summed E-state index contributed by atoms with van der Waals surface area (Å²) < 4.78 is 34.1. The van der Waals surface area contributed by atoms with Crippen LogP contribution in [-0.2, 0) is 33.2 Å². The summed E-state index contributed by atoms with van der Waals surface area (Å²) in [5, 5.41) is 71.9. The monoisotopic (exact) mass is 857 g/mol. The molecular formula is C46H80O14. The molecule has 348 valence electrons. The van der Waals surface area contributed by atoms with Crippen molar-refractivity contribution in [3.05, 3.63) is 48.6 Å². The van der Waals surface area contributed by atoms with Gasteiger partial charge in [-0.15, -0.1) is 0 Å². The molecule has 0 bridgehead atoms. The zero-order valence-corrected chi connectivity index (χ0v) is 36.4. The molecule has 0 spiro atoms. The normalized spacial score (nSPS) is 28.1. The van der Waals surface area contributed by atoms with E-state index in [0.29, 0.717) is 13.0 Å². The molecule has 14 nitrogen and oxygen atoms in total. The summed E-state index contributed by atoms with van der Waals surface area (Å²) in [6.45, 7) is 3.46. The van der Waals surface area contributed by atoms with Gasteiger partial charge >= 0.3 is 5.97 Å². The summed E-state index contributed by atoms with van der Waals surface area (Å²) in [6.07, 6.45) is 20.4. The van der Waals surface area contributed by atoms with Crippen molar-refractivity contribution in [2.75, 3.05) is 33.0 Å². The minimum atomic E-state index is -1.71. The van der Waals surface area contributed by atoms with Gasteiger partial charge in [-0.1, -0.05) is 107 Å². The highest BCUT2D eigenvalue weighted by Crippen LogP contribution is 2.26. The van der Waals surface area contributed by atoms with Crippen LogP contribution in [0.3, 0.4) is 0 Å². The molecule has 0 aromatic heterocycles. The van der Waals surface area contributed by atoms with Crippen molar-refractivity contribution in [3.8, 4) is 0 Å². The van der Waals surface area contributed by atoms with E-state index < -0.39 is 86.7 Å². The van der Waals surface area contributed by atoms with E-state index in [2.05, 4.69) is 62.5 Å². The number of carbonyl (C=O) groups is 1. The van der Waals surface area contributed by atoms with E-state index in [0.717, 1.165) is 64.2 Å². The number of unbranched alkanes of at least 4 members (excludes halogenated alkanes) is 12. The average Bonchev–Trinajstić information content (AvgIpc) is 3.24. The topological polar surface area (TPSA) is 214 Å². The van der Waals surface area contributed by atoms with Gasteiger partial charge in [0.1, 0.15) is 54.9 Å². The Kier molecular flexibility index (Phi) is 31.0. The number of hydrogen-bond acceptors (Lipinski definition) is 14. The van der Waals surface area contributed by atoms with Crippen molar-refractivity contribution in [1.29, 1.82) is 0 Å². The molecule has 2 aliphatic heterocycles. The lowest BCUT2D eigenvalue weighted by atomic mass is 9.98. The Morgan fingerprint density at radius 3 is 1.72 bits per heavy atom. The molecular weight excluding hydrogens is 776 g/mol. The fraction of sp³-hybridized carbons (Fsp3) is 0.804. The van der Waals surface area contributed by atoms with Crippen molar-refractivity contribution in [2.45, 2.75) is 203 Å². The van der Waals surface area contributed by atoms with Crippen molar-refractivity contribution in [1.82, 2.24) is 0 Å². The second-order valence-electron chi connectivity index (χ2n) is 15.8. The number of rotatable bonds is 34. The van der Waals surface area contributed by atoms with Crippen LogP contribution in [0.1, 0.15) is 136 Å². The van der Waals surface area contributed by atoms with Gasteiger partial charge in [0.25, 0.3) is 0 Å². The predicted molar refractivity (Wildman–Crippen MR) is 229 cm³/mol. The van der Waals surface area contributed by atoms with Gasteiger partial charge in [-0.3, -0.25) is 4.79 Å². The maximum Gasteiger partial charge on any atom is 0.306 e. The number of allylic oxidation sites excluding steroid dienone is 8. The summed E-state index contributed by atoms with van der Waals surface area (Å²) in [5.74, 6) is -0.410. The molecule has 0 saturated carbocycles. The standard InChI is InChI=1S/C46H80O14/c1-3-5-7-9-11-13-15-17-19-21-23-25-27-29-38(48)58-35(32-55-30-28-26-24-22-20-18-16-14-12-10-8-6-4-2)33-56-45-44(54)42(52)40(50)37(60-45)34-57-46-43(53)41(51)39(49)36(31-47)59-46/h5,7,11-14,17,19,35-37,39-47,49-54H,3-4,6,8-10,15-16,18,20-34H2,1-2H3/b7-5-,13-11-,14-12-,19-17-. The summed E-state index contributed by atoms with van der Waals surface area (Å²) in [5.41, 5.74) is 0. The largest absolute Gasteiger partial charge is 0.457 e. The highest BCUT2D eigenvalue weighted by molar-refractivity contribution is 5.69. The fourth-order valence-electron chi connectivity index (χ4n) is 6.82. The molecule has 2 fully saturated rings. The van der Waals surface area contributed by atoms with E-state index in [1.54, 1.807) is 0 Å². The Morgan fingerprint density at radius 2 is 1.08 bits per heavy atom. The maximum atomic E-state index is 12.9. The van der Waals surface area contributed by atoms with Gasteiger partial charge in [-0.25, -0.2) is 0 Å². The van der Waals surface area contributed by atoms with Gasteiger partial charge in [0.15, 0.2) is 12.6 Å². The second kappa shape index (κ2) is 34.4. The molecule has 0 aromatic rings. The van der Waals surface area contributed by atoms with Crippen LogP contribution in [0.4, 0.5) is 0 Å². The molecule has 0 amide bonds. The molecule has 11 unspecified atom stereocenters. The second-order valence-corrected chi connectivity index (χ2v) is 15.8. The van der Waals surface area contributed by atoms with E-state index in [1.165, 1.54) is 44.9 Å². The molecule has 7 N–H and O–H groups in total. The van der Waals surface area contributed by atoms with E-state index in [9.17, 15) is 40.5 Å². The van der Waals surface area contributed by atoms with E-state index in [1.807, 2.05) is 0 Å². The van der Waals surface area contributed by atoms with E-state index in [-0.39, 0.29) is 19.6 Å². The van der Waals surface area contributed by atoms with Crippen LogP contribution in [0.5, 0.6) is 0 Å². The molecule has 60 heavy (non-hydrogen) atoms. The van der Waals surface area contributed by atoms with Crippen LogP contribution in [0.25, 0.3) is 0 Å². The van der Waals surface area contributed by atoms with Crippen molar-refractivity contribution in [2.24, 2.45) is 0 Å². The van der Waals surface area contributed by atoms with Crippen LogP contribution < -0.4 is 0 Å². The average molecular weight is 857 g/mol. The van der Waals surface area contributed by atoms with Gasteiger partial charge in [0, 0.05) is 13.0 Å². The van der Waals surface area contributed by atoms with Crippen LogP contribution >= 0.6 is 0 Å². The Hall–Kier alpha value is -2.05. The third-order valence-electron chi connectivity index (χ3n) is 10.6. The molecule has 2 aliphatic rings. The third-order valence-corrected chi connectivity index (χ3v) is 10.6. The summed E-state index contributed by atoms with van der Waals surface area (Å²) in [6, 6.07) is 0. The summed E-state index contributed by atoms with van der Waals surface area (Å²) in [7, 11) is 0. The lowest BCUT2D eigenvalue weighted by molar-refractivity contribution is -0.332. The molecule has 2 saturated heterocycles. The minimum absolute atomic E-state index is 0.0438. The molecule has 2 heterocycles. The zero-order chi connectivity index (χ0) is 43.8. The van der Waals surface area contributed by atoms with E-state index >= 15 is 0 Å². The summed E-state index contributed by atoms with van der Waals surface area (Å²) in [4.78, 5) is 12.9. The smallest absolute Gasteiger partial charge is 0.306 e. The first-order valence-electron chi connectivity index (χ1n) is 22.7. The Bertz CT molecular complexity index is 1180. The van der Waals surface area contributed by atoms with Gasteiger partial charge in [0.2, 0.25) is 0 Å². The Morgan fingerprint density at radius 1 is 0.567 bits per heavy atom. The van der Waals surface area contributed by atoms with Crippen molar-refractivity contribution in [3.63, 3.8) is 0 Å². The van der Waals surface area contributed by atoms with Gasteiger partial charge in [-0.2, -0.15) is 0 Å². The summed E-state index contributed by atoms with van der Waals surface area (Å²) >= 11 is 0. The zero-order valence-electron chi connectivity index (χ0n) is 36.4. The number of esters is 1. The van der Waals surface area contributed by atoms with E-state index in [4.69, 9.17) is 28.4 Å². The number of ether oxygens (including phenoxy) is 6. The van der Waals surface area contributed by atoms with Gasteiger partial charge in [-0.05, 0) is 70.6 Å². The van der Waals surface area contributed by atoms with Gasteiger partial charge < -0.3 is 64.2 Å². The van der Waals surface area contributed by atoms with Crippen molar-refractivity contribution >= 4 is 5.97 Å². The highest BCUT2D eigenvalue weighted by Gasteiger charge is 2.47. The first kappa shape index (κ1) is 54.1. The fourth-order valence-corrected chi connectivity index (χ4v) is 6.82. The number of hydrogen-bond donors (Lipinski definition) is 7. The predicted octanol–water partition coefficient (Wildman–Crippen LogP) is 5.23. The van der Waals surface area contributed by atoms with Crippen LogP contribution in [0, 0.1) is 0 Å².